The minimum absolute atomic E-state index is 0.0857. The molecule has 0 N–H and O–H groups in total. The van der Waals surface area contributed by atoms with Crippen molar-refractivity contribution in [2.75, 3.05) is 0 Å². The molecule has 0 aliphatic heterocycles. The van der Waals surface area contributed by atoms with Crippen molar-refractivity contribution in [3.8, 4) is 89.0 Å². The molecule has 0 spiro atoms. The fraction of sp³-hybridized carbons (Fsp3) is 0.0909. The molecular formula is C99H72. The highest BCUT2D eigenvalue weighted by Crippen LogP contribution is 2.59. The largest absolute Gasteiger partial charge is 0.0807 e. The van der Waals surface area contributed by atoms with Crippen LogP contribution in [0.5, 0.6) is 0 Å². The lowest BCUT2D eigenvalue weighted by Gasteiger charge is -2.27. The predicted molar refractivity (Wildman–Crippen MR) is 425 cm³/mol. The van der Waals surface area contributed by atoms with Gasteiger partial charge in [-0.2, -0.15) is 0 Å². The Labute approximate surface area is 579 Å². The first kappa shape index (κ1) is 58.6. The monoisotopic (exact) mass is 1260 g/mol. The van der Waals surface area contributed by atoms with Crippen LogP contribution in [0.1, 0.15) is 68.0 Å². The molecule has 0 fully saturated rings. The Kier molecular flexibility index (Phi) is 13.4. The van der Waals surface area contributed by atoms with Crippen LogP contribution in [0.4, 0.5) is 0 Å². The second kappa shape index (κ2) is 22.7. The molecule has 20 rings (SSSR count). The van der Waals surface area contributed by atoms with Gasteiger partial charge in [0.15, 0.2) is 0 Å². The molecule has 0 radical (unpaired) electrons. The first-order valence-electron chi connectivity index (χ1n) is 35.3. The van der Waals surface area contributed by atoms with Crippen LogP contribution in [-0.2, 0) is 17.3 Å². The van der Waals surface area contributed by atoms with E-state index in [2.05, 4.69) is 362 Å². The standard InChI is InChI=1S/C50H38.C49H34/c1-31-19-27-41-43(29-31)46(35-23-20-33(21-24-35)37-25-22-32-11-4-5-13-36(32)30-37)39-15-8-9-16-40(39)47(41)42-17-10-18-44-49(42)48-38-14-7-6-12-34(38)26-28-45(48)50(44,2)3;1-49(2)43-24-12-23-42(48(43)47-37-18-6-5-14-32(37)27-28-44(47)49)46-40-21-9-7-19-38(40)45(39-20-8-10-22-41(39)46)36-17-11-16-34(30-36)35-26-25-31-13-3-4-15-33(31)29-35/h4-28,30-31H,29H2,1-3H3;3-30H,1-2H3. The second-order valence-corrected chi connectivity index (χ2v) is 29.0. The van der Waals surface area contributed by atoms with Crippen LogP contribution in [0.3, 0.4) is 0 Å². The molecule has 0 saturated carbocycles. The first-order valence-corrected chi connectivity index (χ1v) is 35.3. The van der Waals surface area contributed by atoms with Gasteiger partial charge in [0.2, 0.25) is 0 Å². The summed E-state index contributed by atoms with van der Waals surface area (Å²) in [4.78, 5) is 0. The van der Waals surface area contributed by atoms with Crippen molar-refractivity contribution in [3.63, 3.8) is 0 Å². The van der Waals surface area contributed by atoms with E-state index in [9.17, 15) is 0 Å². The van der Waals surface area contributed by atoms with Crippen molar-refractivity contribution >= 4 is 81.5 Å². The van der Waals surface area contributed by atoms with Gasteiger partial charge in [0.05, 0.1) is 0 Å². The highest BCUT2D eigenvalue weighted by atomic mass is 14.4. The fourth-order valence-electron chi connectivity index (χ4n) is 17.8. The van der Waals surface area contributed by atoms with Gasteiger partial charge in [-0.25, -0.2) is 0 Å². The summed E-state index contributed by atoms with van der Waals surface area (Å²) >= 11 is 0. The molecule has 3 aliphatic carbocycles. The Morgan fingerprint density at radius 3 is 1.13 bits per heavy atom. The van der Waals surface area contributed by atoms with Crippen LogP contribution in [-0.4, -0.2) is 0 Å². The van der Waals surface area contributed by atoms with Crippen molar-refractivity contribution in [2.45, 2.75) is 51.9 Å². The van der Waals surface area contributed by atoms with Crippen molar-refractivity contribution in [3.05, 3.63) is 355 Å². The number of benzene rings is 17. The van der Waals surface area contributed by atoms with Gasteiger partial charge in [-0.1, -0.05) is 344 Å². The van der Waals surface area contributed by atoms with E-state index in [-0.39, 0.29) is 10.8 Å². The molecule has 1 unspecified atom stereocenters. The molecule has 0 heteroatoms. The molecule has 0 bridgehead atoms. The SMILES string of the molecule is CC1(C)c2cccc(-c3c4ccccc4c(-c4cccc(-c5ccc6ccccc6c5)c4)c4ccccc34)c2-c2c1ccc1ccccc21.CC1C=Cc2c(c(-c3ccc(-c4ccc5ccccc5c4)cc3)c3ccccc3c2-c2cccc3c2-c2c(ccc4ccccc24)C3(C)C)C1. The summed E-state index contributed by atoms with van der Waals surface area (Å²) < 4.78 is 0. The topological polar surface area (TPSA) is 0 Å². The summed E-state index contributed by atoms with van der Waals surface area (Å²) in [6, 6.07) is 118. The lowest BCUT2D eigenvalue weighted by Crippen LogP contribution is -2.14. The molecule has 3 aliphatic rings. The molecule has 0 heterocycles. The molecule has 99 heavy (non-hydrogen) atoms. The zero-order chi connectivity index (χ0) is 66.3. The van der Waals surface area contributed by atoms with Crippen LogP contribution in [0.25, 0.3) is 170 Å². The third-order valence-electron chi connectivity index (χ3n) is 22.6. The Bertz CT molecular complexity index is 6210. The fourth-order valence-corrected chi connectivity index (χ4v) is 17.8. The van der Waals surface area contributed by atoms with Gasteiger partial charge in [-0.05, 0) is 228 Å². The smallest absolute Gasteiger partial charge is 0.0159 e. The van der Waals surface area contributed by atoms with Gasteiger partial charge in [-0.15, -0.1) is 0 Å². The van der Waals surface area contributed by atoms with Crippen LogP contribution in [0.2, 0.25) is 0 Å². The number of rotatable bonds is 6. The van der Waals surface area contributed by atoms with Crippen LogP contribution in [0, 0.1) is 5.92 Å². The van der Waals surface area contributed by atoms with E-state index in [0.29, 0.717) is 5.92 Å². The van der Waals surface area contributed by atoms with E-state index in [1.807, 2.05) is 0 Å². The van der Waals surface area contributed by atoms with E-state index in [1.54, 1.807) is 0 Å². The molecule has 0 amide bonds. The van der Waals surface area contributed by atoms with Gasteiger partial charge < -0.3 is 0 Å². The van der Waals surface area contributed by atoms with E-state index in [1.165, 1.54) is 198 Å². The number of hydrogen-bond acceptors (Lipinski definition) is 0. The van der Waals surface area contributed by atoms with Crippen molar-refractivity contribution in [2.24, 2.45) is 5.92 Å². The zero-order valence-electron chi connectivity index (χ0n) is 56.5. The molecule has 17 aromatic rings. The third-order valence-corrected chi connectivity index (χ3v) is 22.6. The number of fused-ring (bicyclic) bond motifs is 16. The van der Waals surface area contributed by atoms with Crippen molar-refractivity contribution in [1.82, 2.24) is 0 Å². The Hall–Kier alpha value is -11.7. The van der Waals surface area contributed by atoms with Gasteiger partial charge in [0.25, 0.3) is 0 Å². The zero-order valence-corrected chi connectivity index (χ0v) is 56.5. The third kappa shape index (κ3) is 9.19. The first-order chi connectivity index (χ1) is 48.5. The van der Waals surface area contributed by atoms with Gasteiger partial charge in [0.1, 0.15) is 0 Å². The van der Waals surface area contributed by atoms with E-state index >= 15 is 0 Å². The van der Waals surface area contributed by atoms with Gasteiger partial charge >= 0.3 is 0 Å². The van der Waals surface area contributed by atoms with Gasteiger partial charge in [0, 0.05) is 10.8 Å². The normalized spacial score (nSPS) is 14.5. The van der Waals surface area contributed by atoms with Gasteiger partial charge in [-0.3, -0.25) is 0 Å². The molecule has 468 valence electrons. The van der Waals surface area contributed by atoms with E-state index < -0.39 is 0 Å². The average molecular weight is 1260 g/mol. The Balaban J connectivity index is 0.000000138. The minimum atomic E-state index is -0.0978. The summed E-state index contributed by atoms with van der Waals surface area (Å²) in [5.74, 6) is 0.470. The van der Waals surface area contributed by atoms with E-state index in [0.717, 1.165) is 6.42 Å². The highest BCUT2D eigenvalue weighted by molar-refractivity contribution is 6.24. The lowest BCUT2D eigenvalue weighted by atomic mass is 9.76. The minimum Gasteiger partial charge on any atom is -0.0807 e. The van der Waals surface area contributed by atoms with Crippen LogP contribution >= 0.6 is 0 Å². The summed E-state index contributed by atoms with van der Waals surface area (Å²) in [5, 5.41) is 18.1. The van der Waals surface area contributed by atoms with Crippen molar-refractivity contribution < 1.29 is 0 Å². The summed E-state index contributed by atoms with van der Waals surface area (Å²) in [5.41, 5.74) is 29.3. The molecular weight excluding hydrogens is 1190 g/mol. The number of hydrogen-bond donors (Lipinski definition) is 0. The summed E-state index contributed by atoms with van der Waals surface area (Å²) in [6.45, 7) is 11.9. The molecule has 0 nitrogen and oxygen atoms in total. The molecule has 0 aromatic heterocycles. The molecule has 17 aromatic carbocycles. The maximum atomic E-state index is 2.43. The Morgan fingerprint density at radius 2 is 0.606 bits per heavy atom. The lowest BCUT2D eigenvalue weighted by molar-refractivity contribution is 0.661. The summed E-state index contributed by atoms with van der Waals surface area (Å²) in [6.07, 6.45) is 5.87. The maximum Gasteiger partial charge on any atom is 0.0159 e. The molecule has 0 saturated heterocycles. The van der Waals surface area contributed by atoms with Crippen LogP contribution < -0.4 is 0 Å². The number of allylic oxidation sites excluding steroid dienone is 1. The van der Waals surface area contributed by atoms with E-state index in [4.69, 9.17) is 0 Å². The predicted octanol–water partition coefficient (Wildman–Crippen LogP) is 27.3. The average Bonchev–Trinajstić information content (AvgIpc) is 1.64. The highest BCUT2D eigenvalue weighted by Gasteiger charge is 2.40. The summed E-state index contributed by atoms with van der Waals surface area (Å²) in [7, 11) is 0. The van der Waals surface area contributed by atoms with Crippen LogP contribution in [0.15, 0.2) is 322 Å². The maximum absolute atomic E-state index is 2.43. The van der Waals surface area contributed by atoms with Crippen molar-refractivity contribution in [1.29, 1.82) is 0 Å². The Morgan fingerprint density at radius 1 is 0.242 bits per heavy atom. The quantitative estimate of drug-likeness (QED) is 0.146. The second-order valence-electron chi connectivity index (χ2n) is 29.0. The molecule has 1 atom stereocenters.